The Kier molecular flexibility index (Phi) is 3.50. The van der Waals surface area contributed by atoms with Crippen LogP contribution in [0, 0.1) is 0 Å². The van der Waals surface area contributed by atoms with Crippen LogP contribution in [0.25, 0.3) is 0 Å². The Bertz CT molecular complexity index is 296. The average Bonchev–Trinajstić information content (AvgIpc) is 2.14. The van der Waals surface area contributed by atoms with Crippen molar-refractivity contribution in [2.75, 3.05) is 0 Å². The zero-order valence-electron chi connectivity index (χ0n) is 6.97. The molecule has 0 bridgehead atoms. The second kappa shape index (κ2) is 4.92. The zero-order valence-corrected chi connectivity index (χ0v) is 6.97. The van der Waals surface area contributed by atoms with Gasteiger partial charge in [-0.05, 0) is 5.56 Å². The first-order valence-corrected chi connectivity index (χ1v) is 3.82. The van der Waals surface area contributed by atoms with E-state index in [9.17, 15) is 4.79 Å². The molecule has 2 N–H and O–H groups in total. The van der Waals surface area contributed by atoms with E-state index in [0.717, 1.165) is 11.8 Å². The highest BCUT2D eigenvalue weighted by Crippen LogP contribution is 1.96. The Morgan fingerprint density at radius 3 is 2.77 bits per heavy atom. The highest BCUT2D eigenvalue weighted by atomic mass is 16.4. The topological polar surface area (TPSA) is 61.7 Å². The average molecular weight is 178 g/mol. The van der Waals surface area contributed by atoms with E-state index in [1.165, 1.54) is 0 Å². The molecule has 0 fully saturated rings. The van der Waals surface area contributed by atoms with Crippen molar-refractivity contribution in [2.24, 2.45) is 5.10 Å². The Balaban J connectivity index is 2.32. The monoisotopic (exact) mass is 178 g/mol. The van der Waals surface area contributed by atoms with Gasteiger partial charge in [0.15, 0.2) is 0 Å². The molecule has 4 heteroatoms. The number of aliphatic carboxylic acids is 1. The number of benzene rings is 1. The largest absolute Gasteiger partial charge is 0.477 e. The summed E-state index contributed by atoms with van der Waals surface area (Å²) in [6.07, 6.45) is 0.822. The number of carboxylic acids is 1. The summed E-state index contributed by atoms with van der Waals surface area (Å²) in [6, 6.07) is 9.62. The van der Waals surface area contributed by atoms with E-state index >= 15 is 0 Å². The van der Waals surface area contributed by atoms with Gasteiger partial charge in [0.25, 0.3) is 0 Å². The summed E-state index contributed by atoms with van der Waals surface area (Å²) in [5.41, 5.74) is 3.68. The molecule has 0 atom stereocenters. The summed E-state index contributed by atoms with van der Waals surface area (Å²) in [4.78, 5) is 10.0. The van der Waals surface area contributed by atoms with Gasteiger partial charge in [0.2, 0.25) is 0 Å². The molecule has 0 saturated heterocycles. The summed E-state index contributed by atoms with van der Waals surface area (Å²) in [5.74, 6) is -1.06. The molecular formula is C9H10N2O2. The minimum absolute atomic E-state index is 0.532. The third-order valence-corrected chi connectivity index (χ3v) is 1.39. The fraction of sp³-hybridized carbons (Fsp3) is 0.111. The molecule has 0 aliphatic carbocycles. The molecule has 13 heavy (non-hydrogen) atoms. The van der Waals surface area contributed by atoms with Crippen LogP contribution < -0.4 is 5.43 Å². The van der Waals surface area contributed by atoms with E-state index in [1.807, 2.05) is 30.3 Å². The third kappa shape index (κ3) is 3.91. The molecule has 0 unspecified atom stereocenters. The molecule has 68 valence electrons. The molecule has 0 radical (unpaired) electrons. The van der Waals surface area contributed by atoms with Crippen molar-refractivity contribution < 1.29 is 9.90 Å². The first-order chi connectivity index (χ1) is 6.29. The lowest BCUT2D eigenvalue weighted by Gasteiger charge is -1.98. The van der Waals surface area contributed by atoms with Crippen LogP contribution in [0.5, 0.6) is 0 Å². The second-order valence-electron chi connectivity index (χ2n) is 2.42. The van der Waals surface area contributed by atoms with Gasteiger partial charge in [0, 0.05) is 0 Å². The van der Waals surface area contributed by atoms with Crippen molar-refractivity contribution >= 4 is 12.2 Å². The smallest absolute Gasteiger partial charge is 0.348 e. The van der Waals surface area contributed by atoms with Crippen LogP contribution in [-0.4, -0.2) is 17.3 Å². The van der Waals surface area contributed by atoms with E-state index in [1.54, 1.807) is 0 Å². The van der Waals surface area contributed by atoms with Crippen molar-refractivity contribution in [2.45, 2.75) is 6.54 Å². The first kappa shape index (κ1) is 9.25. The summed E-state index contributed by atoms with van der Waals surface area (Å²) < 4.78 is 0. The van der Waals surface area contributed by atoms with Gasteiger partial charge in [-0.2, -0.15) is 5.10 Å². The maximum absolute atomic E-state index is 10.0. The number of hydrazone groups is 1. The summed E-state index contributed by atoms with van der Waals surface area (Å²) in [7, 11) is 0. The van der Waals surface area contributed by atoms with Gasteiger partial charge in [-0.25, -0.2) is 4.79 Å². The number of nitrogens with one attached hydrogen (secondary N) is 1. The molecule has 0 aliphatic rings. The maximum Gasteiger partial charge on any atom is 0.348 e. The maximum atomic E-state index is 10.0. The van der Waals surface area contributed by atoms with Crippen molar-refractivity contribution in [3.8, 4) is 0 Å². The Morgan fingerprint density at radius 2 is 2.15 bits per heavy atom. The molecule has 1 aromatic carbocycles. The SMILES string of the molecule is O=C(O)/C=N/NCc1ccccc1. The molecule has 0 aliphatic heterocycles. The Morgan fingerprint density at radius 1 is 1.46 bits per heavy atom. The molecule has 4 nitrogen and oxygen atoms in total. The fourth-order valence-corrected chi connectivity index (χ4v) is 0.834. The van der Waals surface area contributed by atoms with E-state index in [2.05, 4.69) is 10.5 Å². The number of carboxylic acid groups (broad SMARTS) is 1. The summed E-state index contributed by atoms with van der Waals surface area (Å²) in [6.45, 7) is 0.532. The molecule has 0 heterocycles. The van der Waals surface area contributed by atoms with Crippen LogP contribution in [0.2, 0.25) is 0 Å². The molecular weight excluding hydrogens is 168 g/mol. The van der Waals surface area contributed by atoms with Gasteiger partial charge < -0.3 is 10.5 Å². The molecule has 0 saturated carbocycles. The Hall–Kier alpha value is -1.84. The number of nitrogens with zero attached hydrogens (tertiary/aromatic N) is 1. The van der Waals surface area contributed by atoms with Gasteiger partial charge in [0.05, 0.1) is 6.54 Å². The van der Waals surface area contributed by atoms with Gasteiger partial charge in [-0.1, -0.05) is 30.3 Å². The normalized spacial score (nSPS) is 10.2. The van der Waals surface area contributed by atoms with Crippen LogP contribution in [-0.2, 0) is 11.3 Å². The first-order valence-electron chi connectivity index (χ1n) is 3.82. The highest BCUT2D eigenvalue weighted by molar-refractivity contribution is 6.21. The van der Waals surface area contributed by atoms with Crippen LogP contribution in [0.3, 0.4) is 0 Å². The molecule has 0 aromatic heterocycles. The highest BCUT2D eigenvalue weighted by Gasteiger charge is 1.88. The predicted molar refractivity (Wildman–Crippen MR) is 49.4 cm³/mol. The van der Waals surface area contributed by atoms with Crippen molar-refractivity contribution in [1.82, 2.24) is 5.43 Å². The van der Waals surface area contributed by atoms with Gasteiger partial charge in [-0.15, -0.1) is 0 Å². The lowest BCUT2D eigenvalue weighted by atomic mass is 10.2. The molecule has 1 aromatic rings. The number of hydrogen-bond acceptors (Lipinski definition) is 3. The van der Waals surface area contributed by atoms with Gasteiger partial charge in [0.1, 0.15) is 6.21 Å². The van der Waals surface area contributed by atoms with E-state index < -0.39 is 5.97 Å². The number of rotatable bonds is 4. The van der Waals surface area contributed by atoms with E-state index in [-0.39, 0.29) is 0 Å². The van der Waals surface area contributed by atoms with Crippen molar-refractivity contribution in [3.05, 3.63) is 35.9 Å². The standard InChI is InChI=1S/C9H10N2O2/c12-9(13)7-11-10-6-8-4-2-1-3-5-8/h1-5,7,10H,6H2,(H,12,13)/b11-7+. The zero-order chi connectivity index (χ0) is 9.52. The quantitative estimate of drug-likeness (QED) is 0.530. The summed E-state index contributed by atoms with van der Waals surface area (Å²) in [5, 5.41) is 11.7. The molecule has 0 spiro atoms. The van der Waals surface area contributed by atoms with Crippen molar-refractivity contribution in [3.63, 3.8) is 0 Å². The van der Waals surface area contributed by atoms with E-state index in [4.69, 9.17) is 5.11 Å². The van der Waals surface area contributed by atoms with Crippen LogP contribution >= 0.6 is 0 Å². The Labute approximate surface area is 75.9 Å². The lowest BCUT2D eigenvalue weighted by Crippen LogP contribution is -2.07. The third-order valence-electron chi connectivity index (χ3n) is 1.39. The lowest BCUT2D eigenvalue weighted by molar-refractivity contribution is -0.128. The fourth-order valence-electron chi connectivity index (χ4n) is 0.834. The van der Waals surface area contributed by atoms with Gasteiger partial charge in [-0.3, -0.25) is 0 Å². The van der Waals surface area contributed by atoms with Crippen LogP contribution in [0.1, 0.15) is 5.56 Å². The number of carbonyl (C=O) groups is 1. The minimum atomic E-state index is -1.06. The van der Waals surface area contributed by atoms with Crippen LogP contribution in [0.15, 0.2) is 35.4 Å². The molecule has 0 amide bonds. The number of hydrogen-bond donors (Lipinski definition) is 2. The second-order valence-corrected chi connectivity index (χ2v) is 2.42. The predicted octanol–water partition coefficient (Wildman–Crippen LogP) is 0.847. The minimum Gasteiger partial charge on any atom is -0.477 e. The van der Waals surface area contributed by atoms with Crippen molar-refractivity contribution in [1.29, 1.82) is 0 Å². The molecule has 1 rings (SSSR count). The van der Waals surface area contributed by atoms with Gasteiger partial charge >= 0.3 is 5.97 Å². The summed E-state index contributed by atoms with van der Waals surface area (Å²) >= 11 is 0. The van der Waals surface area contributed by atoms with Crippen LogP contribution in [0.4, 0.5) is 0 Å². The van der Waals surface area contributed by atoms with E-state index in [0.29, 0.717) is 6.54 Å².